The van der Waals surface area contributed by atoms with Crippen LogP contribution in [0.5, 0.6) is 0 Å². The van der Waals surface area contributed by atoms with E-state index in [1.54, 1.807) is 7.11 Å². The highest BCUT2D eigenvalue weighted by Crippen LogP contribution is 2.05. The minimum Gasteiger partial charge on any atom is -0.378 e. The molecule has 2 atom stereocenters. The van der Waals surface area contributed by atoms with Gasteiger partial charge in [0.1, 0.15) is 0 Å². The first-order valence-electron chi connectivity index (χ1n) is 5.79. The fourth-order valence-electron chi connectivity index (χ4n) is 1.70. The zero-order chi connectivity index (χ0) is 12.9. The maximum absolute atomic E-state index is 11.8. The molecule has 1 aliphatic rings. The smallest absolute Gasteiger partial charge is 0.214 e. The molecule has 0 spiro atoms. The molecule has 6 nitrogen and oxygen atoms in total. The number of methoxy groups -OCH3 is 1. The molecule has 0 aliphatic carbocycles. The summed E-state index contributed by atoms with van der Waals surface area (Å²) in [4.78, 5) is 0. The van der Waals surface area contributed by atoms with Gasteiger partial charge in [-0.1, -0.05) is 0 Å². The van der Waals surface area contributed by atoms with Crippen LogP contribution in [0.25, 0.3) is 0 Å². The summed E-state index contributed by atoms with van der Waals surface area (Å²) in [6.45, 7) is 5.24. The highest BCUT2D eigenvalue weighted by molar-refractivity contribution is 7.89. The first-order valence-corrected chi connectivity index (χ1v) is 7.45. The average Bonchev–Trinajstić information content (AvgIpc) is 2.63. The van der Waals surface area contributed by atoms with E-state index in [-0.39, 0.29) is 30.6 Å². The van der Waals surface area contributed by atoms with Crippen LogP contribution in [0.3, 0.4) is 0 Å². The van der Waals surface area contributed by atoms with Crippen molar-refractivity contribution in [3.63, 3.8) is 0 Å². The van der Waals surface area contributed by atoms with Gasteiger partial charge in [0.25, 0.3) is 0 Å². The van der Waals surface area contributed by atoms with E-state index in [1.807, 2.05) is 13.8 Å². The Morgan fingerprint density at radius 1 is 1.41 bits per heavy atom. The third-order valence-corrected chi connectivity index (χ3v) is 3.96. The third kappa shape index (κ3) is 5.31. The predicted octanol–water partition coefficient (Wildman–Crippen LogP) is -0.682. The Kier molecular flexibility index (Phi) is 5.81. The lowest BCUT2D eigenvalue weighted by Gasteiger charge is -2.18. The van der Waals surface area contributed by atoms with Crippen LogP contribution in [0.2, 0.25) is 0 Å². The van der Waals surface area contributed by atoms with E-state index in [0.29, 0.717) is 13.1 Å². The second kappa shape index (κ2) is 6.65. The molecule has 0 radical (unpaired) electrons. The zero-order valence-electron chi connectivity index (χ0n) is 10.6. The van der Waals surface area contributed by atoms with Gasteiger partial charge in [-0.3, -0.25) is 0 Å². The molecular formula is C10H22N2O4S. The molecule has 102 valence electrons. The number of nitrogens with one attached hydrogen (secondary N) is 2. The normalized spacial score (nSPS) is 25.6. The molecule has 2 N–H and O–H groups in total. The molecule has 7 heteroatoms. The van der Waals surface area contributed by atoms with E-state index < -0.39 is 10.0 Å². The van der Waals surface area contributed by atoms with Gasteiger partial charge < -0.3 is 14.8 Å². The van der Waals surface area contributed by atoms with Gasteiger partial charge in [0.05, 0.1) is 30.6 Å². The molecule has 0 bridgehead atoms. The SMILES string of the molecule is CO[C@H]1CNC[C@@H]1NS(=O)(=O)CCOC(C)C. The molecule has 0 aromatic heterocycles. The van der Waals surface area contributed by atoms with Crippen molar-refractivity contribution < 1.29 is 17.9 Å². The molecule has 1 rings (SSSR count). The summed E-state index contributed by atoms with van der Waals surface area (Å²) >= 11 is 0. The average molecular weight is 266 g/mol. The van der Waals surface area contributed by atoms with Crippen LogP contribution >= 0.6 is 0 Å². The van der Waals surface area contributed by atoms with Crippen molar-refractivity contribution in [2.45, 2.75) is 32.1 Å². The summed E-state index contributed by atoms with van der Waals surface area (Å²) in [5.74, 6) is -0.0158. The van der Waals surface area contributed by atoms with Crippen LogP contribution in [-0.2, 0) is 19.5 Å². The minimum absolute atomic E-state index is 0.0158. The summed E-state index contributed by atoms with van der Waals surface area (Å²) in [7, 11) is -1.71. The molecule has 1 aliphatic heterocycles. The van der Waals surface area contributed by atoms with Gasteiger partial charge in [-0.15, -0.1) is 0 Å². The highest BCUT2D eigenvalue weighted by atomic mass is 32.2. The number of hydrogen-bond acceptors (Lipinski definition) is 5. The molecule has 0 saturated carbocycles. The van der Waals surface area contributed by atoms with Crippen molar-refractivity contribution in [2.24, 2.45) is 0 Å². The van der Waals surface area contributed by atoms with Gasteiger partial charge in [-0.2, -0.15) is 0 Å². The largest absolute Gasteiger partial charge is 0.378 e. The lowest BCUT2D eigenvalue weighted by molar-refractivity contribution is 0.0903. The second-order valence-electron chi connectivity index (χ2n) is 4.40. The fraction of sp³-hybridized carbons (Fsp3) is 1.00. The van der Waals surface area contributed by atoms with Gasteiger partial charge in [0.2, 0.25) is 10.0 Å². The van der Waals surface area contributed by atoms with Gasteiger partial charge in [0.15, 0.2) is 0 Å². The molecular weight excluding hydrogens is 244 g/mol. The van der Waals surface area contributed by atoms with Gasteiger partial charge in [-0.25, -0.2) is 13.1 Å². The summed E-state index contributed by atoms with van der Waals surface area (Å²) in [5, 5.41) is 3.09. The Morgan fingerprint density at radius 3 is 2.71 bits per heavy atom. The lowest BCUT2D eigenvalue weighted by Crippen LogP contribution is -2.44. The van der Waals surface area contributed by atoms with Crippen molar-refractivity contribution in [2.75, 3.05) is 32.6 Å². The van der Waals surface area contributed by atoms with Crippen molar-refractivity contribution in [1.82, 2.24) is 10.0 Å². The van der Waals surface area contributed by atoms with E-state index >= 15 is 0 Å². The third-order valence-electron chi connectivity index (χ3n) is 2.60. The molecule has 0 unspecified atom stereocenters. The molecule has 1 fully saturated rings. The first kappa shape index (κ1) is 14.8. The van der Waals surface area contributed by atoms with Crippen LogP contribution in [0.15, 0.2) is 0 Å². The maximum Gasteiger partial charge on any atom is 0.214 e. The zero-order valence-corrected chi connectivity index (χ0v) is 11.4. The minimum atomic E-state index is -3.30. The lowest BCUT2D eigenvalue weighted by atomic mass is 10.2. The van der Waals surface area contributed by atoms with E-state index in [2.05, 4.69) is 10.0 Å². The Labute approximate surface area is 103 Å². The van der Waals surface area contributed by atoms with E-state index in [0.717, 1.165) is 0 Å². The van der Waals surface area contributed by atoms with Crippen molar-refractivity contribution in [3.05, 3.63) is 0 Å². The van der Waals surface area contributed by atoms with Crippen LogP contribution in [0, 0.1) is 0 Å². The van der Waals surface area contributed by atoms with Crippen molar-refractivity contribution in [3.8, 4) is 0 Å². The number of ether oxygens (including phenoxy) is 2. The van der Waals surface area contributed by atoms with Crippen LogP contribution in [-0.4, -0.2) is 59.2 Å². The molecule has 0 amide bonds. The monoisotopic (exact) mass is 266 g/mol. The Morgan fingerprint density at radius 2 is 2.12 bits per heavy atom. The van der Waals surface area contributed by atoms with Gasteiger partial charge >= 0.3 is 0 Å². The molecule has 1 heterocycles. The fourth-order valence-corrected chi connectivity index (χ4v) is 2.83. The van der Waals surface area contributed by atoms with Crippen LogP contribution in [0.4, 0.5) is 0 Å². The Balaban J connectivity index is 2.38. The Hall–Kier alpha value is -0.210. The summed E-state index contributed by atoms with van der Waals surface area (Å²) in [6.07, 6.45) is -0.0548. The Bertz CT molecular complexity index is 318. The van der Waals surface area contributed by atoms with Gasteiger partial charge in [0, 0.05) is 20.2 Å². The maximum atomic E-state index is 11.8. The predicted molar refractivity (Wildman–Crippen MR) is 65.5 cm³/mol. The highest BCUT2D eigenvalue weighted by Gasteiger charge is 2.30. The molecule has 1 saturated heterocycles. The number of sulfonamides is 1. The van der Waals surface area contributed by atoms with E-state index in [1.165, 1.54) is 0 Å². The summed E-state index contributed by atoms with van der Waals surface area (Å²) < 4.78 is 36.6. The van der Waals surface area contributed by atoms with Crippen molar-refractivity contribution >= 4 is 10.0 Å². The molecule has 0 aromatic rings. The topological polar surface area (TPSA) is 76.7 Å². The second-order valence-corrected chi connectivity index (χ2v) is 6.27. The number of rotatable bonds is 7. The van der Waals surface area contributed by atoms with Crippen LogP contribution in [0.1, 0.15) is 13.8 Å². The molecule has 17 heavy (non-hydrogen) atoms. The quantitative estimate of drug-likeness (QED) is 0.638. The van der Waals surface area contributed by atoms with E-state index in [9.17, 15) is 8.42 Å². The van der Waals surface area contributed by atoms with Crippen LogP contribution < -0.4 is 10.0 Å². The summed E-state index contributed by atoms with van der Waals surface area (Å²) in [5.41, 5.74) is 0. The van der Waals surface area contributed by atoms with E-state index in [4.69, 9.17) is 9.47 Å². The standard InChI is InChI=1S/C10H22N2O4S/c1-8(2)16-4-5-17(13,14)12-9-6-11-7-10(9)15-3/h8-12H,4-7H2,1-3H3/t9-,10-/m0/s1. The van der Waals surface area contributed by atoms with Gasteiger partial charge in [-0.05, 0) is 13.8 Å². The first-order chi connectivity index (χ1) is 7.94. The molecule has 0 aromatic carbocycles. The van der Waals surface area contributed by atoms with Crippen molar-refractivity contribution in [1.29, 1.82) is 0 Å². The summed E-state index contributed by atoms with van der Waals surface area (Å²) in [6, 6.07) is -0.191. The number of hydrogen-bond donors (Lipinski definition) is 2.